The van der Waals surface area contributed by atoms with Gasteiger partial charge in [-0.2, -0.15) is 14.5 Å². The number of aromatic nitrogens is 2. The Morgan fingerprint density at radius 2 is 1.70 bits per heavy atom. The molecular weight excluding hydrogens is 672 g/mol. The number of carboxylic acid groups (broad SMARTS) is 1. The van der Waals surface area contributed by atoms with Crippen LogP contribution in [0.25, 0.3) is 11.0 Å². The maximum atomic E-state index is 12.2. The van der Waals surface area contributed by atoms with Crippen LogP contribution in [0, 0.1) is 6.92 Å². The first kappa shape index (κ1) is 29.3. The Bertz CT molecular complexity index is 1860. The van der Waals surface area contributed by atoms with Crippen molar-refractivity contribution in [3.05, 3.63) is 111 Å². The number of aliphatic carboxylic acids is 1. The number of aryl methyl sites for hydroxylation is 2. The zero-order chi connectivity index (χ0) is 30.3. The minimum atomic E-state index is -1.16. The first-order chi connectivity index (χ1) is 20.7. The summed E-state index contributed by atoms with van der Waals surface area (Å²) in [6, 6.07) is 27.6. The number of halogens is 2. The van der Waals surface area contributed by atoms with Gasteiger partial charge < -0.3 is 9.84 Å². The molecule has 218 valence electrons. The van der Waals surface area contributed by atoms with E-state index in [0.717, 1.165) is 58.2 Å². The minimum Gasteiger partial charge on any atom is -0.478 e. The molecule has 0 fully saturated rings. The normalized spacial score (nSPS) is 16.6. The summed E-state index contributed by atoms with van der Waals surface area (Å²) in [5, 5.41) is 9.97. The molecule has 2 unspecified atom stereocenters. The van der Waals surface area contributed by atoms with E-state index in [-0.39, 0.29) is 0 Å². The third-order valence-electron chi connectivity index (χ3n) is 7.85. The van der Waals surface area contributed by atoms with Gasteiger partial charge in [0, 0.05) is 30.7 Å². The fourth-order valence-corrected chi connectivity index (χ4v) is 7.38. The van der Waals surface area contributed by atoms with E-state index >= 15 is 0 Å². The topological polar surface area (TPSA) is 76.7 Å². The highest BCUT2D eigenvalue weighted by Gasteiger charge is 2.49. The van der Waals surface area contributed by atoms with Gasteiger partial charge in [-0.25, -0.2) is 4.79 Å². The molecule has 2 atom stereocenters. The van der Waals surface area contributed by atoms with Crippen LogP contribution in [0.1, 0.15) is 42.6 Å². The van der Waals surface area contributed by atoms with E-state index in [1.165, 1.54) is 0 Å². The molecule has 1 aliphatic heterocycles. The van der Waals surface area contributed by atoms with E-state index < -0.39 is 12.1 Å². The van der Waals surface area contributed by atoms with Crippen molar-refractivity contribution < 1.29 is 14.6 Å². The molecule has 0 saturated carbocycles. The summed E-state index contributed by atoms with van der Waals surface area (Å²) in [4.78, 5) is 22.6. The SMILES string of the molecule is CCCC1=Nc2ccc(C)cc2[N+]1(Cc1cc(Br)c(OC(C(=O)O)c2ccccc2)c(Br)c1)c1nc2ccccc2n1C. The third kappa shape index (κ3) is 5.19. The van der Waals surface area contributed by atoms with Crippen molar-refractivity contribution in [2.45, 2.75) is 39.3 Å². The highest BCUT2D eigenvalue weighted by molar-refractivity contribution is 9.11. The van der Waals surface area contributed by atoms with E-state index in [4.69, 9.17) is 14.7 Å². The second kappa shape index (κ2) is 11.7. The molecule has 0 amide bonds. The lowest BCUT2D eigenvalue weighted by atomic mass is 10.1. The highest BCUT2D eigenvalue weighted by atomic mass is 79.9. The third-order valence-corrected chi connectivity index (χ3v) is 9.03. The number of hydrogen-bond acceptors (Lipinski definition) is 4. The number of aliphatic imine (C=N–C) groups is 1. The summed E-state index contributed by atoms with van der Waals surface area (Å²) in [7, 11) is 2.07. The second-order valence-electron chi connectivity index (χ2n) is 10.8. The molecule has 4 aromatic carbocycles. The molecule has 1 aromatic heterocycles. The number of amidine groups is 1. The van der Waals surface area contributed by atoms with Gasteiger partial charge in [0.05, 0.1) is 20.0 Å². The van der Waals surface area contributed by atoms with Gasteiger partial charge in [-0.15, -0.1) is 0 Å². The summed E-state index contributed by atoms with van der Waals surface area (Å²) in [6.45, 7) is 4.82. The van der Waals surface area contributed by atoms with Gasteiger partial charge in [0.2, 0.25) is 11.9 Å². The van der Waals surface area contributed by atoms with Gasteiger partial charge in [0.25, 0.3) is 0 Å². The molecule has 43 heavy (non-hydrogen) atoms. The van der Waals surface area contributed by atoms with Crippen molar-refractivity contribution in [1.82, 2.24) is 14.0 Å². The zero-order valence-electron chi connectivity index (χ0n) is 24.1. The van der Waals surface area contributed by atoms with Gasteiger partial charge in [0.1, 0.15) is 18.0 Å². The van der Waals surface area contributed by atoms with Crippen LogP contribution in [0.4, 0.5) is 17.3 Å². The van der Waals surface area contributed by atoms with Crippen molar-refractivity contribution in [1.29, 1.82) is 0 Å². The molecule has 9 heteroatoms. The van der Waals surface area contributed by atoms with Gasteiger partial charge in [-0.1, -0.05) is 55.5 Å². The van der Waals surface area contributed by atoms with Gasteiger partial charge in [-0.05, 0) is 81.1 Å². The van der Waals surface area contributed by atoms with Crippen molar-refractivity contribution in [2.75, 3.05) is 0 Å². The molecule has 0 spiro atoms. The fourth-order valence-electron chi connectivity index (χ4n) is 5.91. The average Bonchev–Trinajstić information content (AvgIpc) is 3.48. The molecule has 2 heterocycles. The van der Waals surface area contributed by atoms with Crippen LogP contribution in [0.5, 0.6) is 5.75 Å². The number of benzene rings is 4. The molecule has 0 radical (unpaired) electrons. The van der Waals surface area contributed by atoms with E-state index in [0.29, 0.717) is 31.3 Å². The van der Waals surface area contributed by atoms with Crippen LogP contribution in [-0.2, 0) is 18.4 Å². The number of nitrogens with zero attached hydrogens (tertiary/aromatic N) is 4. The summed E-state index contributed by atoms with van der Waals surface area (Å²) in [5.41, 5.74) is 6.74. The zero-order valence-corrected chi connectivity index (χ0v) is 27.3. The van der Waals surface area contributed by atoms with E-state index in [9.17, 15) is 9.90 Å². The van der Waals surface area contributed by atoms with Crippen LogP contribution < -0.4 is 9.22 Å². The Kier molecular flexibility index (Phi) is 7.98. The Morgan fingerprint density at radius 1 is 1.00 bits per heavy atom. The number of ether oxygens (including phenoxy) is 1. The first-order valence-electron chi connectivity index (χ1n) is 14.1. The van der Waals surface area contributed by atoms with E-state index in [1.807, 2.05) is 36.4 Å². The standard InChI is InChI=1S/C34H30Br2N4O3/c1-4-10-30-37-27-16-15-21(2)17-29(27)40(30,34-38-26-13-8-9-14-28(26)39(34)3)20-22-18-24(35)32(25(36)19-22)43-31(33(41)42)23-11-6-5-7-12-23/h5-9,11-19,31H,4,10,20H2,1-3H3/p+1. The molecule has 1 aliphatic rings. The number of carboxylic acids is 1. The quantitative estimate of drug-likeness (QED) is 0.155. The largest absolute Gasteiger partial charge is 0.478 e. The number of hydrogen-bond donors (Lipinski definition) is 1. The number of para-hydroxylation sites is 2. The maximum absolute atomic E-state index is 12.2. The second-order valence-corrected chi connectivity index (χ2v) is 12.5. The predicted molar refractivity (Wildman–Crippen MR) is 178 cm³/mol. The van der Waals surface area contributed by atoms with E-state index in [1.54, 1.807) is 24.3 Å². The van der Waals surface area contributed by atoms with Gasteiger partial charge >= 0.3 is 11.9 Å². The van der Waals surface area contributed by atoms with E-state index in [2.05, 4.69) is 81.6 Å². The smallest absolute Gasteiger partial charge is 0.349 e. The summed E-state index contributed by atoms with van der Waals surface area (Å²) in [6.07, 6.45) is 0.582. The predicted octanol–water partition coefficient (Wildman–Crippen LogP) is 9.29. The van der Waals surface area contributed by atoms with Crippen molar-refractivity contribution in [2.24, 2.45) is 12.0 Å². The van der Waals surface area contributed by atoms with Crippen LogP contribution >= 0.6 is 31.9 Å². The Morgan fingerprint density at radius 3 is 2.37 bits per heavy atom. The van der Waals surface area contributed by atoms with Gasteiger partial charge in [-0.3, -0.25) is 4.57 Å². The molecule has 1 N–H and O–H groups in total. The van der Waals surface area contributed by atoms with Crippen LogP contribution in [0.2, 0.25) is 0 Å². The lowest BCUT2D eigenvalue weighted by Gasteiger charge is -2.33. The fraction of sp³-hybridized carbons (Fsp3) is 0.206. The maximum Gasteiger partial charge on any atom is 0.349 e. The molecule has 0 bridgehead atoms. The number of carbonyl (C=O) groups is 1. The van der Waals surface area contributed by atoms with Crippen LogP contribution in [-0.4, -0.2) is 26.5 Å². The highest BCUT2D eigenvalue weighted by Crippen LogP contribution is 2.50. The molecule has 0 aliphatic carbocycles. The van der Waals surface area contributed by atoms with Crippen molar-refractivity contribution in [3.8, 4) is 5.75 Å². The summed E-state index contributed by atoms with van der Waals surface area (Å²) in [5.74, 6) is 1.28. The van der Waals surface area contributed by atoms with Crippen molar-refractivity contribution in [3.63, 3.8) is 0 Å². The minimum absolute atomic E-state index is 0.358. The summed E-state index contributed by atoms with van der Waals surface area (Å²) >= 11 is 7.39. The lowest BCUT2D eigenvalue weighted by molar-refractivity contribution is -0.145. The monoisotopic (exact) mass is 701 g/mol. The Balaban J connectivity index is 1.49. The van der Waals surface area contributed by atoms with Crippen LogP contribution in [0.15, 0.2) is 98.9 Å². The van der Waals surface area contributed by atoms with Gasteiger partial charge in [0.15, 0.2) is 5.69 Å². The first-order valence-corrected chi connectivity index (χ1v) is 15.7. The molecular formula is C34H31Br2N4O3+. The van der Waals surface area contributed by atoms with Crippen molar-refractivity contribution >= 4 is 72.0 Å². The average molecular weight is 703 g/mol. The Labute approximate surface area is 267 Å². The number of quaternary nitrogens is 1. The number of rotatable bonds is 9. The number of fused-ring (bicyclic) bond motifs is 2. The molecule has 6 rings (SSSR count). The van der Waals surface area contributed by atoms with Crippen LogP contribution in [0.3, 0.4) is 0 Å². The molecule has 5 aromatic rings. The number of imidazole rings is 1. The molecule has 7 nitrogen and oxygen atoms in total. The lowest BCUT2D eigenvalue weighted by Crippen LogP contribution is -2.48. The summed E-state index contributed by atoms with van der Waals surface area (Å²) < 4.78 is 9.95. The molecule has 0 saturated heterocycles. The Hall–Kier alpha value is -3.79.